The zero-order valence-electron chi connectivity index (χ0n) is 23.3. The number of aromatic nitrogens is 3. The van der Waals surface area contributed by atoms with Gasteiger partial charge in [-0.1, -0.05) is 17.7 Å². The van der Waals surface area contributed by atoms with Crippen LogP contribution in [-0.2, 0) is 19.7 Å². The third kappa shape index (κ3) is 6.69. The van der Waals surface area contributed by atoms with Crippen molar-refractivity contribution in [3.8, 4) is 17.7 Å². The molecule has 0 bridgehead atoms. The highest BCUT2D eigenvalue weighted by Crippen LogP contribution is 2.26. The molecule has 10 nitrogen and oxygen atoms in total. The van der Waals surface area contributed by atoms with Gasteiger partial charge in [0.05, 0.1) is 34.4 Å². The van der Waals surface area contributed by atoms with Crippen molar-refractivity contribution in [1.29, 1.82) is 5.26 Å². The lowest BCUT2D eigenvalue weighted by Crippen LogP contribution is -2.38. The first-order chi connectivity index (χ1) is 20.9. The SMILES string of the molecule is N#Cc1cc(Cl)ccc1OCc1cccc(OC2CCN(Cc3nc4ccc(C(=O)O)cc4n3CC3=CN=CC3)CC2)n1. The standard InChI is InChI=1S/C32H29ClN6O4/c33-24-5-7-29(23(14-24)16-34)42-20-25-2-1-3-31(36-25)43-26-9-12-38(13-10-26)19-30-37-27-6-4-22(32(40)41)15-28(27)39(30)18-21-8-11-35-17-21/h1-7,11,14-15,17,26H,8-10,12-13,18-20H2,(H,40,41). The number of allylic oxidation sites excluding steroid dienone is 1. The second kappa shape index (κ2) is 12.7. The lowest BCUT2D eigenvalue weighted by molar-refractivity contribution is 0.0697. The molecule has 0 unspecified atom stereocenters. The van der Waals surface area contributed by atoms with Gasteiger partial charge in [-0.25, -0.2) is 14.8 Å². The van der Waals surface area contributed by atoms with Crippen LogP contribution in [0.3, 0.4) is 0 Å². The molecule has 4 heterocycles. The van der Waals surface area contributed by atoms with Gasteiger partial charge in [0.25, 0.3) is 0 Å². The minimum absolute atomic E-state index is 0.0270. The van der Waals surface area contributed by atoms with Crippen LogP contribution in [0.2, 0.25) is 5.02 Å². The number of fused-ring (bicyclic) bond motifs is 1. The molecule has 1 saturated heterocycles. The molecule has 0 radical (unpaired) electrons. The summed E-state index contributed by atoms with van der Waals surface area (Å²) in [6.45, 7) is 3.13. The Labute approximate surface area is 253 Å². The number of rotatable bonds is 10. The maximum atomic E-state index is 11.6. The van der Waals surface area contributed by atoms with Crippen molar-refractivity contribution in [2.75, 3.05) is 13.1 Å². The molecule has 218 valence electrons. The molecule has 0 amide bonds. The number of halogens is 1. The second-order valence-electron chi connectivity index (χ2n) is 10.5. The van der Waals surface area contributed by atoms with Gasteiger partial charge in [-0.2, -0.15) is 5.26 Å². The van der Waals surface area contributed by atoms with Gasteiger partial charge in [0.2, 0.25) is 5.88 Å². The lowest BCUT2D eigenvalue weighted by Gasteiger charge is -2.31. The number of nitriles is 1. The van der Waals surface area contributed by atoms with Gasteiger partial charge in [0.15, 0.2) is 0 Å². The van der Waals surface area contributed by atoms with Gasteiger partial charge >= 0.3 is 5.97 Å². The molecule has 6 rings (SSSR count). The van der Waals surface area contributed by atoms with Gasteiger partial charge in [-0.15, -0.1) is 0 Å². The van der Waals surface area contributed by atoms with Crippen LogP contribution in [0.4, 0.5) is 0 Å². The van der Waals surface area contributed by atoms with Gasteiger partial charge < -0.3 is 19.1 Å². The molecule has 11 heteroatoms. The largest absolute Gasteiger partial charge is 0.486 e. The van der Waals surface area contributed by atoms with Crippen LogP contribution in [0.5, 0.6) is 11.6 Å². The van der Waals surface area contributed by atoms with E-state index in [1.807, 2.05) is 30.6 Å². The molecule has 2 aliphatic heterocycles. The Kier molecular flexibility index (Phi) is 8.36. The number of piperidine rings is 1. The summed E-state index contributed by atoms with van der Waals surface area (Å²) in [5.41, 5.74) is 4.07. The van der Waals surface area contributed by atoms with Crippen LogP contribution in [-0.4, -0.2) is 55.9 Å². The van der Waals surface area contributed by atoms with E-state index in [0.29, 0.717) is 41.0 Å². The highest BCUT2D eigenvalue weighted by Gasteiger charge is 2.24. The third-order valence-corrected chi connectivity index (χ3v) is 7.79. The predicted octanol–water partition coefficient (Wildman–Crippen LogP) is 5.64. The Balaban J connectivity index is 1.08. The molecule has 2 aromatic carbocycles. The van der Waals surface area contributed by atoms with Crippen molar-refractivity contribution in [1.82, 2.24) is 19.4 Å². The molecule has 0 saturated carbocycles. The van der Waals surface area contributed by atoms with Crippen molar-refractivity contribution in [3.63, 3.8) is 0 Å². The van der Waals surface area contributed by atoms with E-state index >= 15 is 0 Å². The smallest absolute Gasteiger partial charge is 0.335 e. The molecule has 1 fully saturated rings. The monoisotopic (exact) mass is 596 g/mol. The second-order valence-corrected chi connectivity index (χ2v) is 11.0. The average molecular weight is 597 g/mol. The summed E-state index contributed by atoms with van der Waals surface area (Å²) >= 11 is 5.98. The van der Waals surface area contributed by atoms with Crippen LogP contribution in [0, 0.1) is 11.3 Å². The van der Waals surface area contributed by atoms with Crippen molar-refractivity contribution in [2.24, 2.45) is 4.99 Å². The Morgan fingerprint density at radius 3 is 2.72 bits per heavy atom. The molecule has 2 aliphatic rings. The minimum Gasteiger partial charge on any atom is -0.486 e. The Bertz CT molecular complexity index is 1770. The number of pyridine rings is 1. The summed E-state index contributed by atoms with van der Waals surface area (Å²) < 4.78 is 14.2. The fraction of sp³-hybridized carbons (Fsp3) is 0.281. The molecule has 2 aromatic heterocycles. The number of carboxylic acid groups (broad SMARTS) is 1. The molecular weight excluding hydrogens is 568 g/mol. The van der Waals surface area contributed by atoms with Crippen molar-refractivity contribution >= 4 is 34.8 Å². The number of carboxylic acids is 1. The summed E-state index contributed by atoms with van der Waals surface area (Å²) in [4.78, 5) is 27.7. The zero-order chi connectivity index (χ0) is 29.8. The van der Waals surface area contributed by atoms with Crippen LogP contribution in [0.15, 0.2) is 71.4 Å². The molecule has 0 atom stereocenters. The number of aliphatic imine (C=N–C) groups is 1. The quantitative estimate of drug-likeness (QED) is 0.249. The summed E-state index contributed by atoms with van der Waals surface area (Å²) in [5, 5.41) is 19.3. The number of ether oxygens (including phenoxy) is 2. The number of hydrogen-bond donors (Lipinski definition) is 1. The first-order valence-corrected chi connectivity index (χ1v) is 14.4. The number of hydrogen-bond acceptors (Lipinski definition) is 8. The molecule has 0 spiro atoms. The van der Waals surface area contributed by atoms with Crippen LogP contribution in [0.25, 0.3) is 11.0 Å². The Morgan fingerprint density at radius 2 is 1.95 bits per heavy atom. The average Bonchev–Trinajstić information content (AvgIpc) is 3.65. The maximum absolute atomic E-state index is 11.6. The molecule has 1 N–H and O–H groups in total. The Hall–Kier alpha value is -4.72. The van der Waals surface area contributed by atoms with E-state index in [4.69, 9.17) is 26.1 Å². The molecule has 43 heavy (non-hydrogen) atoms. The van der Waals surface area contributed by atoms with Gasteiger partial charge in [0, 0.05) is 49.6 Å². The van der Waals surface area contributed by atoms with E-state index < -0.39 is 5.97 Å². The zero-order valence-corrected chi connectivity index (χ0v) is 24.1. The fourth-order valence-corrected chi connectivity index (χ4v) is 5.49. The van der Waals surface area contributed by atoms with Gasteiger partial charge in [-0.05, 0) is 60.9 Å². The van der Waals surface area contributed by atoms with Gasteiger partial charge in [-0.3, -0.25) is 9.89 Å². The van der Waals surface area contributed by atoms with E-state index in [2.05, 4.69) is 25.5 Å². The summed E-state index contributed by atoms with van der Waals surface area (Å²) in [6, 6.07) is 17.7. The summed E-state index contributed by atoms with van der Waals surface area (Å²) in [6.07, 6.45) is 6.23. The summed E-state index contributed by atoms with van der Waals surface area (Å²) in [5.74, 6) is 0.944. The number of imidazole rings is 1. The molecule has 0 aliphatic carbocycles. The predicted molar refractivity (Wildman–Crippen MR) is 162 cm³/mol. The Morgan fingerprint density at radius 1 is 1.09 bits per heavy atom. The summed E-state index contributed by atoms with van der Waals surface area (Å²) in [7, 11) is 0. The maximum Gasteiger partial charge on any atom is 0.335 e. The number of aromatic carboxylic acids is 1. The van der Waals surface area contributed by atoms with Crippen molar-refractivity contribution in [2.45, 2.75) is 45.1 Å². The number of carbonyl (C=O) groups is 1. The first-order valence-electron chi connectivity index (χ1n) is 14.0. The van der Waals surface area contributed by atoms with E-state index in [1.54, 1.807) is 36.4 Å². The minimum atomic E-state index is -0.955. The van der Waals surface area contributed by atoms with E-state index in [0.717, 1.165) is 54.8 Å². The van der Waals surface area contributed by atoms with E-state index in [9.17, 15) is 15.2 Å². The third-order valence-electron chi connectivity index (χ3n) is 7.56. The molecular formula is C32H29ClN6O4. The molecule has 4 aromatic rings. The topological polar surface area (TPSA) is 126 Å². The van der Waals surface area contributed by atoms with Crippen LogP contribution < -0.4 is 9.47 Å². The van der Waals surface area contributed by atoms with Crippen LogP contribution in [0.1, 0.15) is 46.7 Å². The highest BCUT2D eigenvalue weighted by molar-refractivity contribution is 6.30. The van der Waals surface area contributed by atoms with Gasteiger partial charge in [0.1, 0.15) is 30.4 Å². The lowest BCUT2D eigenvalue weighted by atomic mass is 10.1. The first kappa shape index (κ1) is 28.4. The number of nitrogens with zero attached hydrogens (tertiary/aromatic N) is 6. The highest BCUT2D eigenvalue weighted by atomic mass is 35.5. The van der Waals surface area contributed by atoms with E-state index in [-0.39, 0.29) is 18.3 Å². The normalized spacial score (nSPS) is 15.4. The van der Waals surface area contributed by atoms with Crippen LogP contribution >= 0.6 is 11.6 Å². The van der Waals surface area contributed by atoms with Crippen molar-refractivity contribution < 1.29 is 19.4 Å². The van der Waals surface area contributed by atoms with E-state index in [1.165, 1.54) is 0 Å². The number of benzene rings is 2. The fourth-order valence-electron chi connectivity index (χ4n) is 5.32. The number of likely N-dealkylation sites (tertiary alicyclic amines) is 1. The van der Waals surface area contributed by atoms with Crippen molar-refractivity contribution in [3.05, 3.63) is 94.0 Å².